The van der Waals surface area contributed by atoms with Crippen molar-refractivity contribution < 1.29 is 9.53 Å². The largest absolute Gasteiger partial charge is 0.468 e. The highest BCUT2D eigenvalue weighted by Gasteiger charge is 2.13. The summed E-state index contributed by atoms with van der Waals surface area (Å²) in [6.07, 6.45) is 0. The Morgan fingerprint density at radius 2 is 2.29 bits per heavy atom. The maximum atomic E-state index is 11.2. The fourth-order valence-electron chi connectivity index (χ4n) is 1.27. The van der Waals surface area contributed by atoms with Crippen LogP contribution < -0.4 is 5.73 Å². The molecule has 0 spiro atoms. The highest BCUT2D eigenvalue weighted by atomic mass is 32.2. The molecule has 1 atom stereocenters. The van der Waals surface area contributed by atoms with Crippen LogP contribution in [0.4, 0.5) is 0 Å². The summed E-state index contributed by atoms with van der Waals surface area (Å²) in [5, 5.41) is -0.173. The summed E-state index contributed by atoms with van der Waals surface area (Å²) < 4.78 is 4.66. The molecule has 5 heteroatoms. The van der Waals surface area contributed by atoms with E-state index in [4.69, 9.17) is 18.0 Å². The van der Waals surface area contributed by atoms with Crippen molar-refractivity contribution in [1.29, 1.82) is 0 Å². The van der Waals surface area contributed by atoms with Crippen LogP contribution in [-0.2, 0) is 15.3 Å². The molecule has 0 saturated carbocycles. The second-order valence-electron chi connectivity index (χ2n) is 3.54. The van der Waals surface area contributed by atoms with Gasteiger partial charge in [0.15, 0.2) is 0 Å². The fourth-order valence-corrected chi connectivity index (χ4v) is 2.25. The molecule has 0 saturated heterocycles. The molecule has 92 valence electrons. The van der Waals surface area contributed by atoms with E-state index in [2.05, 4.69) is 4.74 Å². The SMILES string of the molecule is COC(=O)C(C)SCc1cccc(C(N)=S)c1. The molecule has 1 aromatic carbocycles. The number of carbonyl (C=O) groups excluding carboxylic acids is 1. The maximum Gasteiger partial charge on any atom is 0.318 e. The zero-order valence-corrected chi connectivity index (χ0v) is 11.4. The van der Waals surface area contributed by atoms with Gasteiger partial charge in [-0.25, -0.2) is 0 Å². The second-order valence-corrected chi connectivity index (χ2v) is 5.31. The van der Waals surface area contributed by atoms with E-state index < -0.39 is 0 Å². The molecule has 0 fully saturated rings. The molecular formula is C12H15NO2S2. The normalized spacial score (nSPS) is 11.9. The van der Waals surface area contributed by atoms with Crippen LogP contribution in [0.1, 0.15) is 18.1 Å². The third-order valence-corrected chi connectivity index (χ3v) is 3.67. The maximum absolute atomic E-state index is 11.2. The molecule has 0 aliphatic rings. The summed E-state index contributed by atoms with van der Waals surface area (Å²) >= 11 is 6.44. The van der Waals surface area contributed by atoms with E-state index in [1.807, 2.05) is 31.2 Å². The van der Waals surface area contributed by atoms with Crippen LogP contribution in [0.3, 0.4) is 0 Å². The van der Waals surface area contributed by atoms with Gasteiger partial charge in [-0.05, 0) is 18.6 Å². The van der Waals surface area contributed by atoms with E-state index in [0.29, 0.717) is 4.99 Å². The first-order chi connectivity index (χ1) is 8.04. The topological polar surface area (TPSA) is 52.3 Å². The third kappa shape index (κ3) is 4.36. The summed E-state index contributed by atoms with van der Waals surface area (Å²) in [5.41, 5.74) is 7.50. The molecule has 0 aliphatic carbocycles. The van der Waals surface area contributed by atoms with Crippen LogP contribution in [0.15, 0.2) is 24.3 Å². The van der Waals surface area contributed by atoms with Crippen LogP contribution in [0.5, 0.6) is 0 Å². The number of rotatable bonds is 5. The zero-order valence-electron chi connectivity index (χ0n) is 9.80. The summed E-state index contributed by atoms with van der Waals surface area (Å²) in [4.78, 5) is 11.6. The van der Waals surface area contributed by atoms with Crippen LogP contribution in [0.2, 0.25) is 0 Å². The van der Waals surface area contributed by atoms with Gasteiger partial charge in [-0.3, -0.25) is 4.79 Å². The lowest BCUT2D eigenvalue weighted by molar-refractivity contribution is -0.139. The number of carbonyl (C=O) groups is 1. The standard InChI is InChI=1S/C12H15NO2S2/c1-8(12(14)15-2)17-7-9-4-3-5-10(6-9)11(13)16/h3-6,8H,7H2,1-2H3,(H2,13,16). The van der Waals surface area contributed by atoms with Crippen molar-refractivity contribution in [2.75, 3.05) is 7.11 Å². The van der Waals surface area contributed by atoms with Crippen LogP contribution in [0.25, 0.3) is 0 Å². The number of benzene rings is 1. The Morgan fingerprint density at radius 3 is 2.88 bits per heavy atom. The van der Waals surface area contributed by atoms with E-state index >= 15 is 0 Å². The predicted molar refractivity (Wildman–Crippen MR) is 75.1 cm³/mol. The smallest absolute Gasteiger partial charge is 0.318 e. The number of methoxy groups -OCH3 is 1. The van der Waals surface area contributed by atoms with Crippen molar-refractivity contribution in [3.63, 3.8) is 0 Å². The summed E-state index contributed by atoms with van der Waals surface area (Å²) in [6, 6.07) is 7.71. The Kier molecular flexibility index (Phi) is 5.44. The van der Waals surface area contributed by atoms with E-state index in [0.717, 1.165) is 16.9 Å². The number of hydrogen-bond donors (Lipinski definition) is 1. The van der Waals surface area contributed by atoms with Crippen molar-refractivity contribution in [3.8, 4) is 0 Å². The van der Waals surface area contributed by atoms with Gasteiger partial charge in [0.2, 0.25) is 0 Å². The van der Waals surface area contributed by atoms with Crippen LogP contribution >= 0.6 is 24.0 Å². The molecule has 0 aromatic heterocycles. The van der Waals surface area contributed by atoms with E-state index in [1.54, 1.807) is 0 Å². The highest BCUT2D eigenvalue weighted by molar-refractivity contribution is 7.99. The van der Waals surface area contributed by atoms with Crippen molar-refractivity contribution in [2.45, 2.75) is 17.9 Å². The van der Waals surface area contributed by atoms with Crippen molar-refractivity contribution in [1.82, 2.24) is 0 Å². The minimum absolute atomic E-state index is 0.173. The molecule has 0 radical (unpaired) electrons. The third-order valence-electron chi connectivity index (χ3n) is 2.24. The van der Waals surface area contributed by atoms with E-state index in [9.17, 15) is 4.79 Å². The lowest BCUT2D eigenvalue weighted by Gasteiger charge is -2.09. The van der Waals surface area contributed by atoms with Crippen molar-refractivity contribution >= 4 is 34.9 Å². The number of esters is 1. The molecular weight excluding hydrogens is 254 g/mol. The van der Waals surface area contributed by atoms with Gasteiger partial charge in [0.05, 0.1) is 12.4 Å². The molecule has 1 unspecified atom stereocenters. The molecule has 3 nitrogen and oxygen atoms in total. The monoisotopic (exact) mass is 269 g/mol. The molecule has 2 N–H and O–H groups in total. The van der Waals surface area contributed by atoms with Crippen LogP contribution in [-0.4, -0.2) is 23.3 Å². The number of hydrogen-bond acceptors (Lipinski definition) is 4. The molecule has 17 heavy (non-hydrogen) atoms. The molecule has 1 aromatic rings. The Morgan fingerprint density at radius 1 is 1.59 bits per heavy atom. The van der Waals surface area contributed by atoms with E-state index in [-0.39, 0.29) is 11.2 Å². The first-order valence-corrected chi connectivity index (χ1v) is 6.58. The molecule has 0 aliphatic heterocycles. The van der Waals surface area contributed by atoms with Gasteiger partial charge in [0.25, 0.3) is 0 Å². The lowest BCUT2D eigenvalue weighted by atomic mass is 10.1. The predicted octanol–water partition coefficient (Wildman–Crippen LogP) is 2.12. The first kappa shape index (κ1) is 14.0. The second kappa shape index (κ2) is 6.61. The number of thioether (sulfide) groups is 1. The van der Waals surface area contributed by atoms with Gasteiger partial charge in [-0.1, -0.05) is 30.4 Å². The molecule has 0 amide bonds. The van der Waals surface area contributed by atoms with E-state index in [1.165, 1.54) is 18.9 Å². The van der Waals surface area contributed by atoms with Crippen molar-refractivity contribution in [3.05, 3.63) is 35.4 Å². The zero-order chi connectivity index (χ0) is 12.8. The summed E-state index contributed by atoms with van der Waals surface area (Å²) in [6.45, 7) is 1.83. The molecule has 0 heterocycles. The van der Waals surface area contributed by atoms with Gasteiger partial charge < -0.3 is 10.5 Å². The summed E-state index contributed by atoms with van der Waals surface area (Å²) in [5.74, 6) is 0.521. The number of nitrogens with two attached hydrogens (primary N) is 1. The minimum Gasteiger partial charge on any atom is -0.468 e. The van der Waals surface area contributed by atoms with Gasteiger partial charge >= 0.3 is 5.97 Å². The highest BCUT2D eigenvalue weighted by Crippen LogP contribution is 2.19. The first-order valence-electron chi connectivity index (χ1n) is 5.12. The lowest BCUT2D eigenvalue weighted by Crippen LogP contribution is -2.15. The number of thiocarbonyl (C=S) groups is 1. The summed E-state index contributed by atoms with van der Waals surface area (Å²) in [7, 11) is 1.40. The molecule has 0 bridgehead atoms. The van der Waals surface area contributed by atoms with Crippen LogP contribution in [0, 0.1) is 0 Å². The van der Waals surface area contributed by atoms with Crippen molar-refractivity contribution in [2.24, 2.45) is 5.73 Å². The molecule has 1 rings (SSSR count). The Hall–Kier alpha value is -1.07. The number of ether oxygens (including phenoxy) is 1. The fraction of sp³-hybridized carbons (Fsp3) is 0.333. The average molecular weight is 269 g/mol. The quantitative estimate of drug-likeness (QED) is 0.655. The van der Waals surface area contributed by atoms with Gasteiger partial charge in [0, 0.05) is 11.3 Å². The minimum atomic E-state index is -0.208. The Balaban J connectivity index is 2.60. The average Bonchev–Trinajstić information content (AvgIpc) is 2.35. The van der Waals surface area contributed by atoms with Gasteiger partial charge in [-0.15, -0.1) is 11.8 Å². The van der Waals surface area contributed by atoms with Gasteiger partial charge in [-0.2, -0.15) is 0 Å². The Labute approximate surface area is 111 Å². The Bertz CT molecular complexity index is 421. The van der Waals surface area contributed by atoms with Gasteiger partial charge in [0.1, 0.15) is 4.99 Å².